The number of esters is 1. The van der Waals surface area contributed by atoms with Crippen LogP contribution in [0.1, 0.15) is 41.3 Å². The van der Waals surface area contributed by atoms with Crippen molar-refractivity contribution in [2.45, 2.75) is 24.7 Å². The van der Waals surface area contributed by atoms with Crippen LogP contribution in [0.15, 0.2) is 81.2 Å². The van der Waals surface area contributed by atoms with Gasteiger partial charge in [-0.15, -0.1) is 0 Å². The van der Waals surface area contributed by atoms with Gasteiger partial charge >= 0.3 is 5.97 Å². The molecule has 2 aliphatic rings. The van der Waals surface area contributed by atoms with Crippen molar-refractivity contribution in [3.8, 4) is 0 Å². The fraction of sp³-hybridized carbons (Fsp3) is 0.182. The van der Waals surface area contributed by atoms with E-state index >= 15 is 0 Å². The Morgan fingerprint density at radius 3 is 2.61 bits per heavy atom. The molecule has 0 amide bonds. The second-order valence-electron chi connectivity index (χ2n) is 6.51. The van der Waals surface area contributed by atoms with Crippen molar-refractivity contribution < 1.29 is 17.9 Å². The Kier molecular flexibility index (Phi) is 4.73. The van der Waals surface area contributed by atoms with Crippen molar-refractivity contribution in [1.82, 2.24) is 0 Å². The Morgan fingerprint density at radius 1 is 1.11 bits per heavy atom. The summed E-state index contributed by atoms with van der Waals surface area (Å²) < 4.78 is 31.5. The molecule has 0 aromatic heterocycles. The summed E-state index contributed by atoms with van der Waals surface area (Å²) >= 11 is 0. The maximum Gasteiger partial charge on any atom is 0.338 e. The number of ether oxygens (including phenoxy) is 1. The molecule has 1 aliphatic heterocycles. The molecule has 1 heterocycles. The number of sulfone groups is 1. The first-order chi connectivity index (χ1) is 13.5. The van der Waals surface area contributed by atoms with Gasteiger partial charge in [0.25, 0.3) is 0 Å². The van der Waals surface area contributed by atoms with Gasteiger partial charge in [0.1, 0.15) is 0 Å². The quantitative estimate of drug-likeness (QED) is 0.738. The molecule has 6 heteroatoms. The van der Waals surface area contributed by atoms with Gasteiger partial charge in [-0.3, -0.25) is 0 Å². The number of carbonyl (C=O) groups is 1. The average molecular weight is 393 g/mol. The second-order valence-corrected chi connectivity index (χ2v) is 8.45. The third-order valence-electron chi connectivity index (χ3n) is 4.76. The van der Waals surface area contributed by atoms with Crippen molar-refractivity contribution >= 4 is 21.5 Å². The maximum atomic E-state index is 13.2. The summed E-state index contributed by atoms with van der Waals surface area (Å²) in [5, 5.41) is 0. The second kappa shape index (κ2) is 7.20. The number of nitrogens with zero attached hydrogens (tertiary/aromatic N) is 1. The monoisotopic (exact) mass is 393 g/mol. The number of allylic oxidation sites excluding steroid dienone is 3. The highest BCUT2D eigenvalue weighted by atomic mass is 32.2. The van der Waals surface area contributed by atoms with Gasteiger partial charge < -0.3 is 4.74 Å². The molecule has 0 atom stereocenters. The van der Waals surface area contributed by atoms with Gasteiger partial charge in [-0.1, -0.05) is 36.4 Å². The van der Waals surface area contributed by atoms with E-state index in [2.05, 4.69) is 0 Å². The highest BCUT2D eigenvalue weighted by Crippen LogP contribution is 2.36. The van der Waals surface area contributed by atoms with Crippen LogP contribution in [0.4, 0.5) is 0 Å². The number of aliphatic imine (C=N–C) groups is 1. The lowest BCUT2D eigenvalue weighted by molar-refractivity contribution is 0.0526. The third kappa shape index (κ3) is 3.10. The molecule has 2 aromatic carbocycles. The van der Waals surface area contributed by atoms with Crippen LogP contribution in [0.25, 0.3) is 0 Å². The molecule has 28 heavy (non-hydrogen) atoms. The molecule has 0 saturated carbocycles. The van der Waals surface area contributed by atoms with E-state index in [1.807, 2.05) is 6.08 Å². The van der Waals surface area contributed by atoms with Crippen LogP contribution in [0.2, 0.25) is 0 Å². The van der Waals surface area contributed by atoms with Crippen molar-refractivity contribution in [2.75, 3.05) is 6.61 Å². The predicted octanol–water partition coefficient (Wildman–Crippen LogP) is 4.05. The molecule has 4 rings (SSSR count). The highest BCUT2D eigenvalue weighted by Gasteiger charge is 2.31. The number of carbonyl (C=O) groups excluding carboxylic acids is 1. The summed E-state index contributed by atoms with van der Waals surface area (Å²) in [5.74, 6) is -0.389. The maximum absolute atomic E-state index is 13.2. The Hall–Kier alpha value is -2.99. The first-order valence-electron chi connectivity index (χ1n) is 9.13. The van der Waals surface area contributed by atoms with Crippen molar-refractivity contribution in [3.63, 3.8) is 0 Å². The van der Waals surface area contributed by atoms with E-state index in [4.69, 9.17) is 9.73 Å². The van der Waals surface area contributed by atoms with Gasteiger partial charge in [0, 0.05) is 11.1 Å². The summed E-state index contributed by atoms with van der Waals surface area (Å²) in [6.45, 7) is 2.06. The molecular formula is C22H19NO4S. The van der Waals surface area contributed by atoms with E-state index < -0.39 is 9.84 Å². The fourth-order valence-electron chi connectivity index (χ4n) is 3.41. The van der Waals surface area contributed by atoms with Crippen LogP contribution in [0, 0.1) is 0 Å². The minimum atomic E-state index is -3.61. The van der Waals surface area contributed by atoms with Gasteiger partial charge in [-0.2, -0.15) is 0 Å². The first kappa shape index (κ1) is 18.4. The van der Waals surface area contributed by atoms with E-state index in [0.717, 1.165) is 5.56 Å². The minimum Gasteiger partial charge on any atom is -0.462 e. The predicted molar refractivity (Wildman–Crippen MR) is 107 cm³/mol. The summed E-state index contributed by atoms with van der Waals surface area (Å²) in [6, 6.07) is 13.8. The number of hydrogen-bond donors (Lipinski definition) is 0. The molecule has 2 aromatic rings. The summed E-state index contributed by atoms with van der Waals surface area (Å²) in [7, 11) is -3.61. The van der Waals surface area contributed by atoms with Crippen LogP contribution in [-0.4, -0.2) is 26.7 Å². The lowest BCUT2D eigenvalue weighted by atomic mass is 10.0. The Bertz CT molecular complexity index is 1140. The molecular weight excluding hydrogens is 374 g/mol. The molecule has 1 aliphatic carbocycles. The summed E-state index contributed by atoms with van der Waals surface area (Å²) in [5.41, 5.74) is 2.80. The highest BCUT2D eigenvalue weighted by molar-refractivity contribution is 7.95. The van der Waals surface area contributed by atoms with Gasteiger partial charge in [0.15, 0.2) is 0 Å². The van der Waals surface area contributed by atoms with Crippen LogP contribution in [0.3, 0.4) is 0 Å². The number of hydrogen-bond acceptors (Lipinski definition) is 5. The van der Waals surface area contributed by atoms with E-state index in [9.17, 15) is 13.2 Å². The van der Waals surface area contributed by atoms with E-state index in [1.165, 1.54) is 0 Å². The normalized spacial score (nSPS) is 17.2. The van der Waals surface area contributed by atoms with Crippen LogP contribution in [-0.2, 0) is 14.6 Å². The number of benzene rings is 2. The number of fused-ring (bicyclic) bond motifs is 1. The molecule has 5 nitrogen and oxygen atoms in total. The fourth-order valence-corrected chi connectivity index (χ4v) is 5.16. The zero-order valence-corrected chi connectivity index (χ0v) is 16.2. The van der Waals surface area contributed by atoms with Crippen LogP contribution >= 0.6 is 0 Å². The van der Waals surface area contributed by atoms with E-state index in [1.54, 1.807) is 61.5 Å². The van der Waals surface area contributed by atoms with Crippen molar-refractivity contribution in [3.05, 3.63) is 88.0 Å². The molecule has 0 radical (unpaired) electrons. The lowest BCUT2D eigenvalue weighted by Gasteiger charge is -2.12. The van der Waals surface area contributed by atoms with Gasteiger partial charge in [0.2, 0.25) is 9.84 Å². The molecule has 0 unspecified atom stereocenters. The molecule has 0 bridgehead atoms. The Balaban J connectivity index is 1.88. The van der Waals surface area contributed by atoms with Crippen molar-refractivity contribution in [2.24, 2.45) is 4.99 Å². The standard InChI is InChI=1S/C22H19NO4S/c1-2-27-22(24)16-13-11-15(12-14-16)21-17-7-3-5-9-19(17)28(25,26)20-10-6-4-8-18(20)23-21/h3-5,7-9,11-14H,2,6,10H2,1H3. The topological polar surface area (TPSA) is 72.8 Å². The van der Waals surface area contributed by atoms with Gasteiger partial charge in [-0.05, 0) is 44.0 Å². The lowest BCUT2D eigenvalue weighted by Crippen LogP contribution is -2.11. The third-order valence-corrected chi connectivity index (χ3v) is 6.75. The summed E-state index contributed by atoms with van der Waals surface area (Å²) in [4.78, 5) is 17.3. The smallest absolute Gasteiger partial charge is 0.338 e. The number of rotatable bonds is 3. The van der Waals surface area contributed by atoms with E-state index in [-0.39, 0.29) is 10.9 Å². The van der Waals surface area contributed by atoms with Crippen LogP contribution < -0.4 is 0 Å². The molecule has 0 N–H and O–H groups in total. The van der Waals surface area contributed by atoms with Crippen molar-refractivity contribution in [1.29, 1.82) is 0 Å². The van der Waals surface area contributed by atoms with Gasteiger partial charge in [-0.25, -0.2) is 18.2 Å². The van der Waals surface area contributed by atoms with Crippen LogP contribution in [0.5, 0.6) is 0 Å². The average Bonchev–Trinajstić information content (AvgIpc) is 2.82. The molecule has 0 saturated heterocycles. The molecule has 0 fully saturated rings. The Morgan fingerprint density at radius 2 is 1.86 bits per heavy atom. The first-order valence-corrected chi connectivity index (χ1v) is 10.6. The Labute approximate surface area is 164 Å². The zero-order valence-electron chi connectivity index (χ0n) is 15.4. The van der Waals surface area contributed by atoms with E-state index in [0.29, 0.717) is 46.9 Å². The summed E-state index contributed by atoms with van der Waals surface area (Å²) in [6.07, 6.45) is 4.84. The minimum absolute atomic E-state index is 0.267. The molecule has 142 valence electrons. The van der Waals surface area contributed by atoms with Gasteiger partial charge in [0.05, 0.1) is 33.4 Å². The zero-order chi connectivity index (χ0) is 19.7. The largest absolute Gasteiger partial charge is 0.462 e. The SMILES string of the molecule is CCOC(=O)c1ccc(C2=NC3=C(CCC=C3)S(=O)(=O)c3ccccc32)cc1. The molecule has 0 spiro atoms.